The van der Waals surface area contributed by atoms with Crippen LogP contribution in [0.3, 0.4) is 0 Å². The Morgan fingerprint density at radius 1 is 1.35 bits per heavy atom. The molecule has 0 spiro atoms. The molecule has 1 heterocycles. The van der Waals surface area contributed by atoms with Crippen LogP contribution in [-0.4, -0.2) is 33.3 Å². The lowest BCUT2D eigenvalue weighted by atomic mass is 9.98. The zero-order valence-electron chi connectivity index (χ0n) is 11.1. The van der Waals surface area contributed by atoms with Crippen molar-refractivity contribution in [2.45, 2.75) is 44.8 Å². The SMILES string of the molecule is O=C(O)c1cn(CCOC2CCCCC2)c(=O)[nH]c1=O. The summed E-state index contributed by atoms with van der Waals surface area (Å²) in [6.45, 7) is 0.558. The van der Waals surface area contributed by atoms with Gasteiger partial charge in [-0.2, -0.15) is 0 Å². The van der Waals surface area contributed by atoms with E-state index in [1.54, 1.807) is 0 Å². The van der Waals surface area contributed by atoms with Crippen molar-refractivity contribution in [1.29, 1.82) is 0 Å². The predicted octanol–water partition coefficient (Wildman–Crippen LogP) is 0.584. The summed E-state index contributed by atoms with van der Waals surface area (Å²) in [5, 5.41) is 8.84. The van der Waals surface area contributed by atoms with Gasteiger partial charge in [0.05, 0.1) is 19.3 Å². The third kappa shape index (κ3) is 3.57. The van der Waals surface area contributed by atoms with Gasteiger partial charge in [0.1, 0.15) is 5.56 Å². The first-order valence-corrected chi connectivity index (χ1v) is 6.76. The van der Waals surface area contributed by atoms with Crippen LogP contribution in [0.1, 0.15) is 42.5 Å². The fraction of sp³-hybridized carbons (Fsp3) is 0.615. The Morgan fingerprint density at radius 2 is 2.05 bits per heavy atom. The van der Waals surface area contributed by atoms with Crippen molar-refractivity contribution in [1.82, 2.24) is 9.55 Å². The highest BCUT2D eigenvalue weighted by Crippen LogP contribution is 2.19. The molecule has 110 valence electrons. The van der Waals surface area contributed by atoms with Crippen molar-refractivity contribution >= 4 is 5.97 Å². The van der Waals surface area contributed by atoms with Crippen molar-refractivity contribution in [2.75, 3.05) is 6.61 Å². The topological polar surface area (TPSA) is 101 Å². The molecule has 1 aromatic heterocycles. The van der Waals surface area contributed by atoms with E-state index < -0.39 is 22.8 Å². The van der Waals surface area contributed by atoms with Gasteiger partial charge in [-0.05, 0) is 12.8 Å². The number of rotatable bonds is 5. The number of aromatic amines is 1. The number of aromatic nitrogens is 2. The van der Waals surface area contributed by atoms with Crippen LogP contribution < -0.4 is 11.2 Å². The highest BCUT2D eigenvalue weighted by atomic mass is 16.5. The third-order valence-corrected chi connectivity index (χ3v) is 3.48. The number of H-pyrrole nitrogens is 1. The van der Waals surface area contributed by atoms with E-state index >= 15 is 0 Å². The lowest BCUT2D eigenvalue weighted by molar-refractivity contribution is 0.0235. The molecular weight excluding hydrogens is 264 g/mol. The number of carboxylic acid groups (broad SMARTS) is 1. The molecule has 1 saturated carbocycles. The number of nitrogens with zero attached hydrogens (tertiary/aromatic N) is 1. The maximum atomic E-state index is 11.6. The van der Waals surface area contributed by atoms with Gasteiger partial charge < -0.3 is 9.84 Å². The lowest BCUT2D eigenvalue weighted by Gasteiger charge is -2.22. The molecule has 7 heteroatoms. The number of carbonyl (C=O) groups is 1. The highest BCUT2D eigenvalue weighted by Gasteiger charge is 2.14. The molecule has 2 N–H and O–H groups in total. The Morgan fingerprint density at radius 3 is 2.70 bits per heavy atom. The molecule has 0 aliphatic heterocycles. The minimum absolute atomic E-state index is 0.223. The number of hydrogen-bond acceptors (Lipinski definition) is 4. The first-order valence-electron chi connectivity index (χ1n) is 6.76. The Balaban J connectivity index is 1.98. The van der Waals surface area contributed by atoms with Gasteiger partial charge in [0, 0.05) is 6.20 Å². The van der Waals surface area contributed by atoms with Crippen LogP contribution in [0.15, 0.2) is 15.8 Å². The summed E-state index contributed by atoms with van der Waals surface area (Å²) in [5.74, 6) is -1.35. The molecule has 7 nitrogen and oxygen atoms in total. The second-order valence-corrected chi connectivity index (χ2v) is 4.93. The van der Waals surface area contributed by atoms with Crippen molar-refractivity contribution in [3.8, 4) is 0 Å². The molecule has 0 aromatic carbocycles. The van der Waals surface area contributed by atoms with Crippen LogP contribution >= 0.6 is 0 Å². The monoisotopic (exact) mass is 282 g/mol. The Labute approximate surface area is 115 Å². The van der Waals surface area contributed by atoms with Crippen LogP contribution in [0.5, 0.6) is 0 Å². The van der Waals surface area contributed by atoms with Crippen LogP contribution in [0.4, 0.5) is 0 Å². The van der Waals surface area contributed by atoms with E-state index in [9.17, 15) is 14.4 Å². The minimum Gasteiger partial charge on any atom is -0.477 e. The molecule has 0 radical (unpaired) electrons. The number of ether oxygens (including phenoxy) is 1. The summed E-state index contributed by atoms with van der Waals surface area (Å²) in [6, 6.07) is 0. The predicted molar refractivity (Wildman–Crippen MR) is 71.1 cm³/mol. The lowest BCUT2D eigenvalue weighted by Crippen LogP contribution is -2.34. The molecule has 0 saturated heterocycles. The van der Waals surface area contributed by atoms with E-state index in [4.69, 9.17) is 9.84 Å². The van der Waals surface area contributed by atoms with Gasteiger partial charge in [0.15, 0.2) is 0 Å². The number of nitrogens with one attached hydrogen (secondary N) is 1. The van der Waals surface area contributed by atoms with Crippen molar-refractivity contribution in [2.24, 2.45) is 0 Å². The van der Waals surface area contributed by atoms with Crippen molar-refractivity contribution in [3.63, 3.8) is 0 Å². The first-order chi connectivity index (χ1) is 9.58. The van der Waals surface area contributed by atoms with Crippen LogP contribution in [0.2, 0.25) is 0 Å². The number of hydrogen-bond donors (Lipinski definition) is 2. The molecule has 0 amide bonds. The molecule has 0 bridgehead atoms. The average Bonchev–Trinajstić information content (AvgIpc) is 2.42. The third-order valence-electron chi connectivity index (χ3n) is 3.48. The van der Waals surface area contributed by atoms with Gasteiger partial charge in [-0.3, -0.25) is 14.3 Å². The fourth-order valence-electron chi connectivity index (χ4n) is 2.38. The summed E-state index contributed by atoms with van der Waals surface area (Å²) >= 11 is 0. The van der Waals surface area contributed by atoms with E-state index in [1.807, 2.05) is 4.98 Å². The molecule has 20 heavy (non-hydrogen) atoms. The molecule has 1 aromatic rings. The van der Waals surface area contributed by atoms with E-state index in [2.05, 4.69) is 0 Å². The van der Waals surface area contributed by atoms with Crippen LogP contribution in [0.25, 0.3) is 0 Å². The summed E-state index contributed by atoms with van der Waals surface area (Å²) in [4.78, 5) is 35.7. The van der Waals surface area contributed by atoms with Crippen LogP contribution in [-0.2, 0) is 11.3 Å². The number of aromatic carboxylic acids is 1. The Kier molecular flexibility index (Phi) is 4.73. The van der Waals surface area contributed by atoms with Crippen molar-refractivity contribution in [3.05, 3.63) is 32.6 Å². The summed E-state index contributed by atoms with van der Waals surface area (Å²) in [5.41, 5.74) is -1.94. The van der Waals surface area contributed by atoms with Gasteiger partial charge in [-0.25, -0.2) is 9.59 Å². The Bertz CT molecular complexity index is 583. The van der Waals surface area contributed by atoms with E-state index in [0.717, 1.165) is 36.4 Å². The largest absolute Gasteiger partial charge is 0.477 e. The van der Waals surface area contributed by atoms with Gasteiger partial charge >= 0.3 is 11.7 Å². The molecular formula is C13H18N2O5. The van der Waals surface area contributed by atoms with Gasteiger partial charge in [-0.15, -0.1) is 0 Å². The second kappa shape index (κ2) is 6.51. The Hall–Kier alpha value is -1.89. The average molecular weight is 282 g/mol. The zero-order valence-corrected chi connectivity index (χ0v) is 11.1. The standard InChI is InChI=1S/C13H18N2O5/c16-11-10(12(17)18)8-15(13(19)14-11)6-7-20-9-4-2-1-3-5-9/h8-9H,1-7H2,(H,17,18)(H,14,16,19). The van der Waals surface area contributed by atoms with E-state index in [1.165, 1.54) is 6.42 Å². The second-order valence-electron chi connectivity index (χ2n) is 4.93. The summed E-state index contributed by atoms with van der Waals surface area (Å²) < 4.78 is 6.83. The molecule has 1 aliphatic rings. The minimum atomic E-state index is -1.35. The maximum Gasteiger partial charge on any atom is 0.342 e. The number of carboxylic acids is 1. The quantitative estimate of drug-likeness (QED) is 0.822. The normalized spacial score (nSPS) is 16.2. The highest BCUT2D eigenvalue weighted by molar-refractivity contribution is 5.86. The van der Waals surface area contributed by atoms with Gasteiger partial charge in [0.2, 0.25) is 0 Å². The van der Waals surface area contributed by atoms with Gasteiger partial charge in [-0.1, -0.05) is 19.3 Å². The molecule has 0 unspecified atom stereocenters. The first kappa shape index (κ1) is 14.5. The molecule has 2 rings (SSSR count). The van der Waals surface area contributed by atoms with E-state index in [0.29, 0.717) is 6.61 Å². The molecule has 1 aliphatic carbocycles. The zero-order chi connectivity index (χ0) is 14.5. The summed E-state index contributed by atoms with van der Waals surface area (Å²) in [6.07, 6.45) is 6.90. The maximum absolute atomic E-state index is 11.6. The fourth-order valence-corrected chi connectivity index (χ4v) is 2.38. The molecule has 0 atom stereocenters. The van der Waals surface area contributed by atoms with Crippen molar-refractivity contribution < 1.29 is 14.6 Å². The molecule has 1 fully saturated rings. The van der Waals surface area contributed by atoms with Crippen LogP contribution in [0, 0.1) is 0 Å². The van der Waals surface area contributed by atoms with Gasteiger partial charge in [0.25, 0.3) is 5.56 Å². The smallest absolute Gasteiger partial charge is 0.342 e. The van der Waals surface area contributed by atoms with E-state index in [-0.39, 0.29) is 12.6 Å². The summed E-state index contributed by atoms with van der Waals surface area (Å²) in [7, 11) is 0.